The number of carbonyl (C=O) groups excluding carboxylic acids is 2. The van der Waals surface area contributed by atoms with Crippen LogP contribution in [0.4, 0.5) is 0 Å². The minimum absolute atomic E-state index is 0.137. The molecule has 110 valence electrons. The number of ketones is 2. The maximum atomic E-state index is 12.5. The van der Waals surface area contributed by atoms with E-state index in [1.165, 1.54) is 18.2 Å². The molecule has 0 aliphatic heterocycles. The zero-order chi connectivity index (χ0) is 15.9. The summed E-state index contributed by atoms with van der Waals surface area (Å²) < 4.78 is 0. The Morgan fingerprint density at radius 2 is 1.45 bits per heavy atom. The standard InChI is InChI=1S/C17H12O4S/c1-9-2-4-10(5-3-9)22-14-8-13(20)15-11(18)6-7-12(19)16(15)17(14)21/h2-8,18-19H,1H3. The van der Waals surface area contributed by atoms with E-state index in [2.05, 4.69) is 0 Å². The first kappa shape index (κ1) is 14.4. The fourth-order valence-electron chi connectivity index (χ4n) is 2.25. The molecule has 5 heteroatoms. The Balaban J connectivity index is 2.02. The average molecular weight is 312 g/mol. The van der Waals surface area contributed by atoms with Gasteiger partial charge in [0.05, 0.1) is 16.0 Å². The number of aryl methyl sites for hydroxylation is 1. The molecule has 2 aromatic rings. The first-order chi connectivity index (χ1) is 10.5. The second kappa shape index (κ2) is 5.35. The minimum Gasteiger partial charge on any atom is -0.507 e. The molecule has 0 unspecified atom stereocenters. The molecule has 0 amide bonds. The fraction of sp³-hybridized carbons (Fsp3) is 0.0588. The summed E-state index contributed by atoms with van der Waals surface area (Å²) in [4.78, 5) is 25.7. The van der Waals surface area contributed by atoms with Crippen LogP contribution in [0.3, 0.4) is 0 Å². The number of thioether (sulfide) groups is 1. The molecular weight excluding hydrogens is 300 g/mol. The van der Waals surface area contributed by atoms with Gasteiger partial charge in [-0.3, -0.25) is 9.59 Å². The molecule has 0 atom stereocenters. The summed E-state index contributed by atoms with van der Waals surface area (Å²) in [5, 5.41) is 19.6. The van der Waals surface area contributed by atoms with Crippen molar-refractivity contribution < 1.29 is 19.8 Å². The highest BCUT2D eigenvalue weighted by molar-refractivity contribution is 8.04. The van der Waals surface area contributed by atoms with E-state index in [0.29, 0.717) is 0 Å². The molecule has 2 aromatic carbocycles. The summed E-state index contributed by atoms with van der Waals surface area (Å²) in [6, 6.07) is 9.95. The molecule has 1 aliphatic carbocycles. The number of phenols is 2. The predicted octanol–water partition coefficient (Wildman–Crippen LogP) is 3.46. The zero-order valence-electron chi connectivity index (χ0n) is 11.7. The molecule has 4 nitrogen and oxygen atoms in total. The number of rotatable bonds is 2. The Morgan fingerprint density at radius 1 is 0.864 bits per heavy atom. The summed E-state index contributed by atoms with van der Waals surface area (Å²) >= 11 is 1.16. The van der Waals surface area contributed by atoms with E-state index >= 15 is 0 Å². The average Bonchev–Trinajstić information content (AvgIpc) is 2.49. The first-order valence-electron chi connectivity index (χ1n) is 6.57. The van der Waals surface area contributed by atoms with Crippen molar-refractivity contribution in [3.8, 4) is 11.5 Å². The van der Waals surface area contributed by atoms with E-state index in [1.54, 1.807) is 0 Å². The van der Waals surface area contributed by atoms with Crippen molar-refractivity contribution in [1.29, 1.82) is 0 Å². The third-order valence-corrected chi connectivity index (χ3v) is 4.40. The lowest BCUT2D eigenvalue weighted by Crippen LogP contribution is -2.16. The summed E-state index contributed by atoms with van der Waals surface area (Å²) in [6.45, 7) is 1.96. The lowest BCUT2D eigenvalue weighted by Gasteiger charge is -2.16. The second-order valence-corrected chi connectivity index (χ2v) is 6.09. The lowest BCUT2D eigenvalue weighted by molar-refractivity contribution is 0.0986. The van der Waals surface area contributed by atoms with Crippen molar-refractivity contribution in [1.82, 2.24) is 0 Å². The molecule has 0 saturated heterocycles. The summed E-state index contributed by atoms with van der Waals surface area (Å²) in [6.07, 6.45) is 1.20. The monoisotopic (exact) mass is 312 g/mol. The van der Waals surface area contributed by atoms with Crippen molar-refractivity contribution in [2.24, 2.45) is 0 Å². The largest absolute Gasteiger partial charge is 0.507 e. The number of Topliss-reactive ketones (excluding diaryl/α,β-unsaturated/α-hetero) is 1. The number of fused-ring (bicyclic) bond motifs is 1. The molecule has 2 N–H and O–H groups in total. The van der Waals surface area contributed by atoms with E-state index in [4.69, 9.17) is 0 Å². The highest BCUT2D eigenvalue weighted by Gasteiger charge is 2.31. The van der Waals surface area contributed by atoms with Crippen LogP contribution < -0.4 is 0 Å². The van der Waals surface area contributed by atoms with Crippen LogP contribution in [-0.2, 0) is 0 Å². The van der Waals surface area contributed by atoms with Crippen LogP contribution >= 0.6 is 11.8 Å². The Hall–Kier alpha value is -2.53. The molecular formula is C17H12O4S. The van der Waals surface area contributed by atoms with Gasteiger partial charge in [0, 0.05) is 11.0 Å². The normalized spacial score (nSPS) is 13.8. The van der Waals surface area contributed by atoms with Gasteiger partial charge in [0.1, 0.15) is 11.5 Å². The number of hydrogen-bond donors (Lipinski definition) is 2. The molecule has 0 spiro atoms. The topological polar surface area (TPSA) is 74.6 Å². The number of benzene rings is 2. The number of hydrogen-bond acceptors (Lipinski definition) is 5. The van der Waals surface area contributed by atoms with Gasteiger partial charge in [-0.2, -0.15) is 0 Å². The minimum atomic E-state index is -0.488. The highest BCUT2D eigenvalue weighted by Crippen LogP contribution is 2.39. The zero-order valence-corrected chi connectivity index (χ0v) is 12.5. The Kier molecular flexibility index (Phi) is 3.50. The van der Waals surface area contributed by atoms with E-state index in [-0.39, 0.29) is 27.5 Å². The predicted molar refractivity (Wildman–Crippen MR) is 83.6 cm³/mol. The quantitative estimate of drug-likeness (QED) is 0.831. The number of phenolic OH excluding ortho intramolecular Hbond substituents is 2. The number of carbonyl (C=O) groups is 2. The maximum Gasteiger partial charge on any atom is 0.204 e. The highest BCUT2D eigenvalue weighted by atomic mass is 32.2. The molecule has 0 aromatic heterocycles. The van der Waals surface area contributed by atoms with Gasteiger partial charge >= 0.3 is 0 Å². The molecule has 0 heterocycles. The first-order valence-corrected chi connectivity index (χ1v) is 7.39. The van der Waals surface area contributed by atoms with Crippen LogP contribution in [0.2, 0.25) is 0 Å². The number of aromatic hydroxyl groups is 2. The van der Waals surface area contributed by atoms with Crippen molar-refractivity contribution in [3.05, 3.63) is 64.1 Å². The third kappa shape index (κ3) is 2.40. The van der Waals surface area contributed by atoms with Gasteiger partial charge in [-0.05, 0) is 31.2 Å². The Labute approximate surface area is 131 Å². The van der Waals surface area contributed by atoms with Crippen LogP contribution in [0.15, 0.2) is 52.3 Å². The van der Waals surface area contributed by atoms with E-state index in [1.807, 2.05) is 31.2 Å². The van der Waals surface area contributed by atoms with Crippen molar-refractivity contribution >= 4 is 23.3 Å². The van der Waals surface area contributed by atoms with E-state index in [0.717, 1.165) is 22.2 Å². The van der Waals surface area contributed by atoms with Crippen LogP contribution in [0.5, 0.6) is 11.5 Å². The van der Waals surface area contributed by atoms with Gasteiger partial charge in [0.25, 0.3) is 0 Å². The van der Waals surface area contributed by atoms with Crippen LogP contribution in [-0.4, -0.2) is 21.8 Å². The van der Waals surface area contributed by atoms with Gasteiger partial charge in [0.2, 0.25) is 5.78 Å². The van der Waals surface area contributed by atoms with Crippen molar-refractivity contribution in [3.63, 3.8) is 0 Å². The van der Waals surface area contributed by atoms with E-state index < -0.39 is 11.6 Å². The molecule has 0 fully saturated rings. The van der Waals surface area contributed by atoms with Gasteiger partial charge in [-0.15, -0.1) is 0 Å². The summed E-state index contributed by atoms with van der Waals surface area (Å²) in [5.74, 6) is -1.56. The summed E-state index contributed by atoms with van der Waals surface area (Å²) in [5.41, 5.74) is 0.817. The second-order valence-electron chi connectivity index (χ2n) is 4.97. The van der Waals surface area contributed by atoms with Gasteiger partial charge < -0.3 is 10.2 Å². The molecule has 3 rings (SSSR count). The summed E-state index contributed by atoms with van der Waals surface area (Å²) in [7, 11) is 0. The maximum absolute atomic E-state index is 12.5. The Morgan fingerprint density at radius 3 is 2.09 bits per heavy atom. The van der Waals surface area contributed by atoms with Crippen molar-refractivity contribution in [2.45, 2.75) is 11.8 Å². The van der Waals surface area contributed by atoms with Gasteiger partial charge in [0.15, 0.2) is 5.78 Å². The van der Waals surface area contributed by atoms with Crippen LogP contribution in [0.25, 0.3) is 0 Å². The SMILES string of the molecule is Cc1ccc(SC2=CC(=O)c3c(O)ccc(O)c3C2=O)cc1. The van der Waals surface area contributed by atoms with Crippen LogP contribution in [0.1, 0.15) is 26.3 Å². The Bertz CT molecular complexity index is 819. The number of allylic oxidation sites excluding steroid dienone is 2. The molecule has 1 aliphatic rings. The molecule has 22 heavy (non-hydrogen) atoms. The molecule has 0 saturated carbocycles. The van der Waals surface area contributed by atoms with Gasteiger partial charge in [-0.25, -0.2) is 0 Å². The van der Waals surface area contributed by atoms with E-state index in [9.17, 15) is 19.8 Å². The fourth-order valence-corrected chi connectivity index (χ4v) is 3.14. The molecule has 0 radical (unpaired) electrons. The van der Waals surface area contributed by atoms with Crippen molar-refractivity contribution in [2.75, 3.05) is 0 Å². The molecule has 0 bridgehead atoms. The smallest absolute Gasteiger partial charge is 0.204 e. The van der Waals surface area contributed by atoms with Gasteiger partial charge in [-0.1, -0.05) is 29.5 Å². The lowest BCUT2D eigenvalue weighted by atomic mass is 9.93. The van der Waals surface area contributed by atoms with Crippen LogP contribution in [0, 0.1) is 6.92 Å². The third-order valence-electron chi connectivity index (χ3n) is 3.37.